The van der Waals surface area contributed by atoms with Crippen LogP contribution in [0.15, 0.2) is 60.9 Å². The molecule has 14 heteroatoms. The van der Waals surface area contributed by atoms with Gasteiger partial charge >= 0.3 is 5.97 Å². The molecule has 0 saturated carbocycles. The Morgan fingerprint density at radius 2 is 1.77 bits per heavy atom. The molecule has 5 N–H and O–H groups in total. The fourth-order valence-electron chi connectivity index (χ4n) is 4.49. The fourth-order valence-corrected chi connectivity index (χ4v) is 7.53. The first-order valence-corrected chi connectivity index (χ1v) is 14.9. The summed E-state index contributed by atoms with van der Waals surface area (Å²) in [5, 5.41) is 14.5. The lowest BCUT2D eigenvalue weighted by Crippen LogP contribution is -2.71. The number of halogens is 3. The highest BCUT2D eigenvalue weighted by Gasteiger charge is 2.64. The van der Waals surface area contributed by atoms with Crippen molar-refractivity contribution >= 4 is 89.1 Å². The summed E-state index contributed by atoms with van der Waals surface area (Å²) < 4.78 is 1.58. The third-order valence-electron chi connectivity index (χ3n) is 6.35. The van der Waals surface area contributed by atoms with Gasteiger partial charge in [-0.25, -0.2) is 4.79 Å². The molecule has 2 aliphatic heterocycles. The number of amidine groups is 1. The summed E-state index contributed by atoms with van der Waals surface area (Å²) in [6.07, 6.45) is 0. The lowest BCUT2D eigenvalue weighted by Gasteiger charge is -2.44. The van der Waals surface area contributed by atoms with Gasteiger partial charge in [0, 0.05) is 23.7 Å². The molecule has 2 aromatic carbocycles. The molecule has 2 saturated heterocycles. The van der Waals surface area contributed by atoms with E-state index >= 15 is 0 Å². The van der Waals surface area contributed by atoms with E-state index in [1.54, 1.807) is 56.3 Å². The third-order valence-corrected chi connectivity index (χ3v) is 11.1. The molecular formula is C25H24Br3N5O5S. The Bertz CT molecular complexity index is 1350. The molecule has 3 amide bonds. The molecule has 2 aromatic rings. The van der Waals surface area contributed by atoms with Crippen LogP contribution in [-0.4, -0.2) is 68.3 Å². The molecule has 0 aliphatic carbocycles. The number of thioether (sulfide) groups is 1. The van der Waals surface area contributed by atoms with Crippen LogP contribution in [0, 0.1) is 0 Å². The molecule has 2 fully saturated rings. The molecule has 0 spiro atoms. The molecular weight excluding hydrogens is 722 g/mol. The van der Waals surface area contributed by atoms with Crippen LogP contribution in [0.2, 0.25) is 0 Å². The number of nitrogens with two attached hydrogens (primary N) is 1. The van der Waals surface area contributed by atoms with E-state index in [1.807, 2.05) is 0 Å². The van der Waals surface area contributed by atoms with Crippen molar-refractivity contribution in [3.63, 3.8) is 0 Å². The summed E-state index contributed by atoms with van der Waals surface area (Å²) in [6.45, 7) is 3.18. The predicted octanol–water partition coefficient (Wildman–Crippen LogP) is 3.17. The molecule has 0 bridgehead atoms. The molecule has 2 aliphatic rings. The smallest absolute Gasteiger partial charge is 0.327 e. The van der Waals surface area contributed by atoms with Gasteiger partial charge in [0.2, 0.25) is 17.7 Å². The summed E-state index contributed by atoms with van der Waals surface area (Å²) in [5.41, 5.74) is 7.19. The van der Waals surface area contributed by atoms with Crippen molar-refractivity contribution in [3.8, 4) is 0 Å². The van der Waals surface area contributed by atoms with Gasteiger partial charge in [0.05, 0.1) is 0 Å². The SMILES string of the molecule is CC1(C)S[C@@H]2C(NC(=O)C(NC(=O)CN=C(N)c3cc(Br)c(Br)c(Br)c3)c3ccccc3)C(=O)N2[C@H]1C(=O)O. The Morgan fingerprint density at radius 3 is 2.36 bits per heavy atom. The van der Waals surface area contributed by atoms with E-state index < -0.39 is 51.9 Å². The van der Waals surface area contributed by atoms with Crippen molar-refractivity contribution in [2.24, 2.45) is 10.7 Å². The van der Waals surface area contributed by atoms with Crippen molar-refractivity contribution in [3.05, 3.63) is 67.0 Å². The number of benzene rings is 2. The van der Waals surface area contributed by atoms with Gasteiger partial charge in [-0.15, -0.1) is 11.8 Å². The maximum Gasteiger partial charge on any atom is 0.327 e. The monoisotopic (exact) mass is 743 g/mol. The number of rotatable bonds is 8. The number of nitrogens with zero attached hydrogens (tertiary/aromatic N) is 2. The van der Waals surface area contributed by atoms with E-state index in [-0.39, 0.29) is 12.4 Å². The lowest BCUT2D eigenvalue weighted by atomic mass is 9.95. The average Bonchev–Trinajstić information content (AvgIpc) is 3.15. The Kier molecular flexibility index (Phi) is 8.79. The lowest BCUT2D eigenvalue weighted by molar-refractivity contribution is -0.161. The van der Waals surface area contributed by atoms with Gasteiger partial charge in [0.25, 0.3) is 0 Å². The summed E-state index contributed by atoms with van der Waals surface area (Å²) in [5.74, 6) is -2.58. The van der Waals surface area contributed by atoms with Crippen LogP contribution >= 0.6 is 59.6 Å². The number of fused-ring (bicyclic) bond motifs is 1. The quantitative estimate of drug-likeness (QED) is 0.140. The number of carbonyl (C=O) groups is 4. The maximum atomic E-state index is 13.4. The number of aliphatic carboxylic acids is 1. The van der Waals surface area contributed by atoms with Gasteiger partial charge in [0.15, 0.2) is 0 Å². The average molecular weight is 746 g/mol. The fraction of sp³-hybridized carbons (Fsp3) is 0.320. The number of β-lactam (4-membered cyclic amide) rings is 1. The number of aliphatic imine (C=N–C) groups is 1. The van der Waals surface area contributed by atoms with Crippen LogP contribution in [0.4, 0.5) is 0 Å². The van der Waals surface area contributed by atoms with Crippen LogP contribution in [0.3, 0.4) is 0 Å². The highest BCUT2D eigenvalue weighted by Crippen LogP contribution is 2.50. The molecule has 0 radical (unpaired) electrons. The summed E-state index contributed by atoms with van der Waals surface area (Å²) in [4.78, 5) is 56.3. The first-order valence-electron chi connectivity index (χ1n) is 11.6. The Balaban J connectivity index is 1.47. The largest absolute Gasteiger partial charge is 0.480 e. The second-order valence-corrected chi connectivity index (χ2v) is 13.7. The number of carboxylic acids is 1. The number of nitrogens with one attached hydrogen (secondary N) is 2. The minimum Gasteiger partial charge on any atom is -0.480 e. The third kappa shape index (κ3) is 6.03. The summed E-state index contributed by atoms with van der Waals surface area (Å²) in [7, 11) is 0. The Labute approximate surface area is 253 Å². The second-order valence-electron chi connectivity index (χ2n) is 9.45. The number of carboxylic acid groups (broad SMARTS) is 1. The van der Waals surface area contributed by atoms with Crippen LogP contribution in [0.5, 0.6) is 0 Å². The van der Waals surface area contributed by atoms with Gasteiger partial charge in [-0.2, -0.15) is 0 Å². The standard InChI is InChI=1S/C25H24Br3N5O5S/c1-25(2)19(24(37)38)33-22(36)18(23(33)39-25)32-21(35)17(11-6-4-3-5-7-11)31-15(34)10-30-20(29)12-8-13(26)16(28)14(27)9-12/h3-9,17-19,23H,10H2,1-2H3,(H2,29,30)(H,31,34)(H,32,35)(H,37,38)/t17?,18?,19-,23+/m0/s1. The highest BCUT2D eigenvalue weighted by atomic mass is 79.9. The van der Waals surface area contributed by atoms with E-state index in [9.17, 15) is 24.3 Å². The van der Waals surface area contributed by atoms with Gasteiger partial charge in [-0.1, -0.05) is 30.3 Å². The zero-order chi connectivity index (χ0) is 28.6. The Hall–Kier alpha value is -2.42. The minimum atomic E-state index is -1.11. The highest BCUT2D eigenvalue weighted by molar-refractivity contribution is 9.14. The molecule has 0 aromatic heterocycles. The molecule has 206 valence electrons. The Morgan fingerprint density at radius 1 is 1.15 bits per heavy atom. The van der Waals surface area contributed by atoms with Gasteiger partial charge < -0.3 is 26.4 Å². The number of amides is 3. The maximum absolute atomic E-state index is 13.4. The summed E-state index contributed by atoms with van der Waals surface area (Å²) in [6, 6.07) is 9.09. The number of hydrogen-bond donors (Lipinski definition) is 4. The zero-order valence-electron chi connectivity index (χ0n) is 20.7. The predicted molar refractivity (Wildman–Crippen MR) is 158 cm³/mol. The van der Waals surface area contributed by atoms with Crippen molar-refractivity contribution in [2.75, 3.05) is 6.54 Å². The van der Waals surface area contributed by atoms with Crippen LogP contribution in [0.25, 0.3) is 0 Å². The van der Waals surface area contributed by atoms with Gasteiger partial charge in [-0.3, -0.25) is 19.4 Å². The van der Waals surface area contributed by atoms with Crippen LogP contribution in [0.1, 0.15) is 31.0 Å². The van der Waals surface area contributed by atoms with Crippen LogP contribution < -0.4 is 16.4 Å². The molecule has 39 heavy (non-hydrogen) atoms. The molecule has 4 atom stereocenters. The van der Waals surface area contributed by atoms with E-state index in [4.69, 9.17) is 5.73 Å². The molecule has 2 unspecified atom stereocenters. The topological polar surface area (TPSA) is 154 Å². The van der Waals surface area contributed by atoms with E-state index in [0.717, 1.165) is 13.4 Å². The van der Waals surface area contributed by atoms with Crippen LogP contribution in [-0.2, 0) is 19.2 Å². The first-order chi connectivity index (χ1) is 18.3. The molecule has 10 nitrogen and oxygen atoms in total. The molecule has 2 heterocycles. The zero-order valence-corrected chi connectivity index (χ0v) is 26.2. The normalized spacial score (nSPS) is 22.5. The van der Waals surface area contributed by atoms with Gasteiger partial charge in [0.1, 0.15) is 35.9 Å². The van der Waals surface area contributed by atoms with Gasteiger partial charge in [-0.05, 0) is 79.3 Å². The van der Waals surface area contributed by atoms with E-state index in [2.05, 4.69) is 63.4 Å². The van der Waals surface area contributed by atoms with E-state index in [0.29, 0.717) is 11.1 Å². The first kappa shape index (κ1) is 29.6. The number of hydrogen-bond acceptors (Lipinski definition) is 6. The number of carbonyl (C=O) groups excluding carboxylic acids is 3. The van der Waals surface area contributed by atoms with Crippen molar-refractivity contribution < 1.29 is 24.3 Å². The van der Waals surface area contributed by atoms with E-state index in [1.165, 1.54) is 16.7 Å². The summed E-state index contributed by atoms with van der Waals surface area (Å²) >= 11 is 11.6. The van der Waals surface area contributed by atoms with Crippen molar-refractivity contribution in [1.82, 2.24) is 15.5 Å². The molecule has 4 rings (SSSR count). The van der Waals surface area contributed by atoms with Crippen molar-refractivity contribution in [1.29, 1.82) is 0 Å². The van der Waals surface area contributed by atoms with Crippen molar-refractivity contribution in [2.45, 2.75) is 42.1 Å². The second kappa shape index (κ2) is 11.6. The minimum absolute atomic E-state index is 0.133.